The number of hydrogen-bond donors (Lipinski definition) is 3. The smallest absolute Gasteiger partial charge is 0.389 e. The fourth-order valence-corrected chi connectivity index (χ4v) is 5.63. The number of amides is 2. The van der Waals surface area contributed by atoms with Gasteiger partial charge in [0, 0.05) is 30.1 Å². The largest absolute Gasteiger partial charge is 0.430 e. The molecule has 0 radical (unpaired) electrons. The Kier molecular flexibility index (Phi) is 8.73. The van der Waals surface area contributed by atoms with E-state index in [4.69, 9.17) is 23.2 Å². The summed E-state index contributed by atoms with van der Waals surface area (Å²) in [6.45, 7) is 2.71. The quantitative estimate of drug-likeness (QED) is 0.341. The number of rotatable bonds is 6. The number of carbonyl (C=O) groups is 2. The van der Waals surface area contributed by atoms with Crippen LogP contribution in [0.4, 0.5) is 35.1 Å². The average Bonchev–Trinajstić information content (AvgIpc) is 3.36. The third kappa shape index (κ3) is 6.40. The van der Waals surface area contributed by atoms with E-state index in [2.05, 4.69) is 10.3 Å². The molecule has 1 aliphatic rings. The Morgan fingerprint density at radius 1 is 1.10 bits per heavy atom. The lowest BCUT2D eigenvalue weighted by Gasteiger charge is -2.33. The zero-order chi connectivity index (χ0) is 31.5. The highest BCUT2D eigenvalue weighted by molar-refractivity contribution is 7.17. The summed E-state index contributed by atoms with van der Waals surface area (Å²) in [6, 6.07) is -0.217. The first-order chi connectivity index (χ1) is 18.4. The summed E-state index contributed by atoms with van der Waals surface area (Å²) in [5, 5.41) is 19.1. The molecular weight excluding hydrogens is 637 g/mol. The van der Waals surface area contributed by atoms with Crippen LogP contribution in [-0.4, -0.2) is 74.9 Å². The zero-order valence-electron chi connectivity index (χ0n) is 21.1. The van der Waals surface area contributed by atoms with Gasteiger partial charge >= 0.3 is 12.4 Å². The van der Waals surface area contributed by atoms with Crippen LogP contribution in [0, 0.1) is 0 Å². The van der Waals surface area contributed by atoms with Crippen molar-refractivity contribution in [1.29, 1.82) is 0 Å². The minimum atomic E-state index is -6.28. The molecular formula is C23H21Cl2F8N3O4S. The van der Waals surface area contributed by atoms with Gasteiger partial charge in [-0.25, -0.2) is 13.8 Å². The number of likely N-dealkylation sites (tertiary alicyclic amines) is 1. The summed E-state index contributed by atoms with van der Waals surface area (Å²) < 4.78 is 109. The van der Waals surface area contributed by atoms with Gasteiger partial charge in [0.25, 0.3) is 23.3 Å². The Morgan fingerprint density at radius 3 is 2.12 bits per heavy atom. The van der Waals surface area contributed by atoms with E-state index >= 15 is 0 Å². The van der Waals surface area contributed by atoms with E-state index in [0.29, 0.717) is 17.4 Å². The number of nitrogens with one attached hydrogen (secondary N) is 1. The van der Waals surface area contributed by atoms with Gasteiger partial charge in [-0.05, 0) is 20.8 Å². The predicted octanol–water partition coefficient (Wildman–Crippen LogP) is 5.80. The number of nitrogens with zero attached hydrogens (tertiary/aromatic N) is 2. The van der Waals surface area contributed by atoms with Crippen LogP contribution in [0.15, 0.2) is 12.1 Å². The van der Waals surface area contributed by atoms with Crippen molar-refractivity contribution in [2.45, 2.75) is 62.7 Å². The highest BCUT2D eigenvalue weighted by atomic mass is 35.5. The van der Waals surface area contributed by atoms with Gasteiger partial charge in [0.1, 0.15) is 5.69 Å². The van der Waals surface area contributed by atoms with Crippen LogP contribution in [-0.2, 0) is 5.60 Å². The topological polar surface area (TPSA) is 103 Å². The van der Waals surface area contributed by atoms with Crippen LogP contribution in [0.2, 0.25) is 10.0 Å². The summed E-state index contributed by atoms with van der Waals surface area (Å²) in [4.78, 5) is 30.3. The average molecular weight is 658 g/mol. The van der Waals surface area contributed by atoms with Gasteiger partial charge in [-0.2, -0.15) is 26.3 Å². The summed E-state index contributed by atoms with van der Waals surface area (Å²) in [6.07, 6.45) is -13.3. The molecule has 1 saturated heterocycles. The first-order valence-corrected chi connectivity index (χ1v) is 13.0. The molecule has 0 bridgehead atoms. The van der Waals surface area contributed by atoms with Gasteiger partial charge in [0.15, 0.2) is 5.01 Å². The Labute approximate surface area is 241 Å². The number of hydrogen-bond acceptors (Lipinski definition) is 6. The zero-order valence-corrected chi connectivity index (χ0v) is 23.5. The molecule has 7 nitrogen and oxygen atoms in total. The number of alkyl halides is 8. The number of thiazole rings is 1. The molecule has 1 fully saturated rings. The van der Waals surface area contributed by atoms with E-state index in [1.807, 2.05) is 0 Å². The third-order valence-corrected chi connectivity index (χ3v) is 8.00. The Hall–Kier alpha value is -2.27. The molecule has 0 unspecified atom stereocenters. The van der Waals surface area contributed by atoms with Gasteiger partial charge in [0.2, 0.25) is 0 Å². The summed E-state index contributed by atoms with van der Waals surface area (Å²) in [5.41, 5.74) is -9.79. The van der Waals surface area contributed by atoms with Gasteiger partial charge in [-0.3, -0.25) is 9.59 Å². The number of aliphatic hydroxyl groups is 2. The molecule has 3 rings (SSSR count). The molecule has 2 amide bonds. The van der Waals surface area contributed by atoms with Crippen LogP contribution >= 0.6 is 34.5 Å². The lowest BCUT2D eigenvalue weighted by Crippen LogP contribution is -2.54. The third-order valence-electron chi connectivity index (χ3n) is 6.03. The first kappa shape index (κ1) is 33.2. The van der Waals surface area contributed by atoms with Crippen LogP contribution in [0.25, 0.3) is 10.4 Å². The normalized spacial score (nSPS) is 18.1. The van der Waals surface area contributed by atoms with Gasteiger partial charge in [0.05, 0.1) is 27.1 Å². The minimum absolute atomic E-state index is 0.194. The van der Waals surface area contributed by atoms with Crippen LogP contribution in [0.5, 0.6) is 0 Å². The molecule has 2 heterocycles. The Bertz CT molecular complexity index is 1340. The van der Waals surface area contributed by atoms with Gasteiger partial charge < -0.3 is 20.4 Å². The molecule has 1 aromatic heterocycles. The fourth-order valence-electron chi connectivity index (χ4n) is 4.01. The van der Waals surface area contributed by atoms with Crippen molar-refractivity contribution in [3.8, 4) is 10.4 Å². The van der Waals surface area contributed by atoms with Crippen molar-refractivity contribution in [2.75, 3.05) is 13.1 Å². The number of benzene rings is 1. The summed E-state index contributed by atoms with van der Waals surface area (Å²) >= 11 is 12.3. The van der Waals surface area contributed by atoms with E-state index in [1.165, 1.54) is 20.8 Å². The SMILES string of the molecule is C[C@H]1CC(F)(F)CN1C(=O)c1nc(C(=O)NCC(C)(C)O)sc1-c1ccc(C(O)(C(F)(F)F)C(F)(F)F)c(Cl)c1Cl. The lowest BCUT2D eigenvalue weighted by molar-refractivity contribution is -0.376. The second kappa shape index (κ2) is 10.8. The van der Waals surface area contributed by atoms with Crippen molar-refractivity contribution in [2.24, 2.45) is 0 Å². The Balaban J connectivity index is 2.20. The molecule has 1 aliphatic heterocycles. The van der Waals surface area contributed by atoms with Gasteiger partial charge in [-0.15, -0.1) is 11.3 Å². The molecule has 0 spiro atoms. The second-order valence-corrected chi connectivity index (χ2v) is 11.8. The fraction of sp³-hybridized carbons (Fsp3) is 0.522. The van der Waals surface area contributed by atoms with E-state index in [-0.39, 0.29) is 17.5 Å². The number of aromatic nitrogens is 1. The molecule has 2 aromatic rings. The van der Waals surface area contributed by atoms with Crippen molar-refractivity contribution < 1.29 is 54.9 Å². The lowest BCUT2D eigenvalue weighted by atomic mass is 9.91. The van der Waals surface area contributed by atoms with Crippen LogP contribution < -0.4 is 5.32 Å². The van der Waals surface area contributed by atoms with Crippen molar-refractivity contribution in [1.82, 2.24) is 15.2 Å². The molecule has 3 N–H and O–H groups in total. The molecule has 41 heavy (non-hydrogen) atoms. The molecule has 1 aromatic carbocycles. The molecule has 18 heteroatoms. The van der Waals surface area contributed by atoms with Gasteiger partial charge in [-0.1, -0.05) is 35.3 Å². The minimum Gasteiger partial charge on any atom is -0.389 e. The Morgan fingerprint density at radius 2 is 1.66 bits per heavy atom. The monoisotopic (exact) mass is 657 g/mol. The molecule has 228 valence electrons. The maximum absolute atomic E-state index is 14.0. The second-order valence-electron chi connectivity index (χ2n) is 10.0. The van der Waals surface area contributed by atoms with Crippen molar-refractivity contribution >= 4 is 46.4 Å². The van der Waals surface area contributed by atoms with Crippen molar-refractivity contribution in [3.05, 3.63) is 38.4 Å². The van der Waals surface area contributed by atoms with Crippen LogP contribution in [0.3, 0.4) is 0 Å². The standard InChI is InChI=1S/C23H21Cl2F8N3O4S/c1-9-6-20(26,27)8-36(9)18(38)14-15(41-17(35-14)16(37)34-7-19(2,3)39)10-4-5-11(13(25)12(10)24)21(40,22(28,29)30)23(31,32)33/h4-5,9,39-40H,6-8H2,1-3H3,(H,34,37)/t9-/m0/s1. The van der Waals surface area contributed by atoms with Crippen molar-refractivity contribution in [3.63, 3.8) is 0 Å². The van der Waals surface area contributed by atoms with E-state index < -0.39 is 92.2 Å². The maximum Gasteiger partial charge on any atom is 0.430 e. The van der Waals surface area contributed by atoms with E-state index in [0.717, 1.165) is 4.90 Å². The van der Waals surface area contributed by atoms with E-state index in [1.54, 1.807) is 0 Å². The number of carbonyl (C=O) groups excluding carboxylic acids is 2. The highest BCUT2D eigenvalue weighted by Crippen LogP contribution is 2.54. The van der Waals surface area contributed by atoms with E-state index in [9.17, 15) is 54.9 Å². The predicted molar refractivity (Wildman–Crippen MR) is 132 cm³/mol. The maximum atomic E-state index is 14.0. The summed E-state index contributed by atoms with van der Waals surface area (Å²) in [5.74, 6) is -5.33. The molecule has 0 saturated carbocycles. The number of halogens is 10. The summed E-state index contributed by atoms with van der Waals surface area (Å²) in [7, 11) is 0. The molecule has 1 atom stereocenters. The van der Waals surface area contributed by atoms with Crippen LogP contribution in [0.1, 0.15) is 53.0 Å². The first-order valence-electron chi connectivity index (χ1n) is 11.5. The molecule has 0 aliphatic carbocycles. The highest BCUT2D eigenvalue weighted by Gasteiger charge is 2.72.